The minimum Gasteiger partial charge on any atom is -0.494 e. The highest BCUT2D eigenvalue weighted by Crippen LogP contribution is 2.40. The van der Waals surface area contributed by atoms with Crippen LogP contribution in [0.5, 0.6) is 5.75 Å². The van der Waals surface area contributed by atoms with E-state index in [1.807, 2.05) is 12.1 Å². The molecule has 0 radical (unpaired) electrons. The SMILES string of the molecule is CCCCOc1ccc(N)c(N[C@@H]2C[C@H](C)CC(C)(C)C2)c1. The number of nitrogen functional groups attached to an aromatic ring is 1. The van der Waals surface area contributed by atoms with Crippen LogP contribution in [0.15, 0.2) is 18.2 Å². The summed E-state index contributed by atoms with van der Waals surface area (Å²) in [4.78, 5) is 0. The summed E-state index contributed by atoms with van der Waals surface area (Å²) in [7, 11) is 0. The normalized spacial score (nSPS) is 24.0. The number of unbranched alkanes of at least 4 members (excludes halogenated alkanes) is 1. The van der Waals surface area contributed by atoms with E-state index in [1.165, 1.54) is 19.3 Å². The third-order valence-corrected chi connectivity index (χ3v) is 4.54. The van der Waals surface area contributed by atoms with E-state index in [0.717, 1.165) is 42.5 Å². The van der Waals surface area contributed by atoms with Crippen LogP contribution in [0, 0.1) is 11.3 Å². The molecular weight excluding hydrogens is 272 g/mol. The van der Waals surface area contributed by atoms with Crippen molar-refractivity contribution in [1.29, 1.82) is 0 Å². The van der Waals surface area contributed by atoms with Crippen molar-refractivity contribution in [2.24, 2.45) is 11.3 Å². The Morgan fingerprint density at radius 1 is 1.32 bits per heavy atom. The molecule has 0 saturated heterocycles. The molecule has 2 rings (SSSR count). The molecule has 0 aromatic heterocycles. The lowest BCUT2D eigenvalue weighted by Gasteiger charge is -2.39. The lowest BCUT2D eigenvalue weighted by Crippen LogP contribution is -2.35. The lowest BCUT2D eigenvalue weighted by molar-refractivity contribution is 0.178. The summed E-state index contributed by atoms with van der Waals surface area (Å²) in [6.07, 6.45) is 5.94. The van der Waals surface area contributed by atoms with Crippen LogP contribution in [0.2, 0.25) is 0 Å². The second kappa shape index (κ2) is 7.26. The summed E-state index contributed by atoms with van der Waals surface area (Å²) in [5, 5.41) is 3.66. The Morgan fingerprint density at radius 2 is 2.09 bits per heavy atom. The molecule has 0 amide bonds. The second-order valence-corrected chi connectivity index (χ2v) is 7.71. The largest absolute Gasteiger partial charge is 0.494 e. The van der Waals surface area contributed by atoms with Crippen molar-refractivity contribution in [3.8, 4) is 5.75 Å². The fourth-order valence-electron chi connectivity index (χ4n) is 3.76. The van der Waals surface area contributed by atoms with Crippen LogP contribution in [0.4, 0.5) is 11.4 Å². The number of hydrogen-bond donors (Lipinski definition) is 2. The van der Waals surface area contributed by atoms with Crippen molar-refractivity contribution in [2.45, 2.75) is 65.8 Å². The third kappa shape index (κ3) is 4.82. The minimum absolute atomic E-state index is 0.402. The van der Waals surface area contributed by atoms with E-state index in [9.17, 15) is 0 Å². The highest BCUT2D eigenvalue weighted by Gasteiger charge is 2.32. The molecule has 3 heteroatoms. The standard InChI is InChI=1S/C19H32N2O/c1-5-6-9-22-16-7-8-17(20)18(11-16)21-15-10-14(2)12-19(3,4)13-15/h7-8,11,14-15,21H,5-6,9-10,12-13,20H2,1-4H3/t14-,15+/m0/s1. The van der Waals surface area contributed by atoms with Gasteiger partial charge >= 0.3 is 0 Å². The van der Waals surface area contributed by atoms with E-state index >= 15 is 0 Å². The summed E-state index contributed by atoms with van der Waals surface area (Å²) in [6, 6.07) is 6.45. The quantitative estimate of drug-likeness (QED) is 0.569. The van der Waals surface area contributed by atoms with Gasteiger partial charge in [-0.25, -0.2) is 0 Å². The van der Waals surface area contributed by atoms with Gasteiger partial charge in [0.2, 0.25) is 0 Å². The molecule has 1 aromatic carbocycles. The zero-order chi connectivity index (χ0) is 16.2. The van der Waals surface area contributed by atoms with Crippen molar-refractivity contribution in [3.05, 3.63) is 18.2 Å². The molecule has 0 bridgehead atoms. The monoisotopic (exact) mass is 304 g/mol. The Hall–Kier alpha value is -1.38. The molecule has 3 nitrogen and oxygen atoms in total. The highest BCUT2D eigenvalue weighted by atomic mass is 16.5. The first kappa shape index (κ1) is 17.0. The summed E-state index contributed by atoms with van der Waals surface area (Å²) in [5.41, 5.74) is 8.37. The van der Waals surface area contributed by atoms with Crippen molar-refractivity contribution in [1.82, 2.24) is 0 Å². The molecule has 0 unspecified atom stereocenters. The van der Waals surface area contributed by atoms with Gasteiger partial charge in [0.05, 0.1) is 18.0 Å². The minimum atomic E-state index is 0.402. The number of rotatable bonds is 6. The van der Waals surface area contributed by atoms with Crippen LogP contribution in [-0.2, 0) is 0 Å². The molecule has 22 heavy (non-hydrogen) atoms. The molecule has 1 aliphatic rings. The van der Waals surface area contributed by atoms with Crippen molar-refractivity contribution >= 4 is 11.4 Å². The van der Waals surface area contributed by atoms with E-state index in [1.54, 1.807) is 0 Å². The van der Waals surface area contributed by atoms with Gasteiger partial charge in [0.1, 0.15) is 5.75 Å². The zero-order valence-corrected chi connectivity index (χ0v) is 14.6. The van der Waals surface area contributed by atoms with Gasteiger partial charge in [-0.05, 0) is 49.1 Å². The van der Waals surface area contributed by atoms with Crippen LogP contribution in [0.3, 0.4) is 0 Å². The van der Waals surface area contributed by atoms with Gasteiger partial charge in [0.15, 0.2) is 0 Å². The molecule has 1 aliphatic carbocycles. The molecule has 124 valence electrons. The smallest absolute Gasteiger partial charge is 0.121 e. The van der Waals surface area contributed by atoms with Crippen LogP contribution < -0.4 is 15.8 Å². The topological polar surface area (TPSA) is 47.3 Å². The maximum Gasteiger partial charge on any atom is 0.121 e. The molecule has 1 aromatic rings. The van der Waals surface area contributed by atoms with Gasteiger partial charge in [-0.3, -0.25) is 0 Å². The number of hydrogen-bond acceptors (Lipinski definition) is 3. The van der Waals surface area contributed by atoms with E-state index in [4.69, 9.17) is 10.5 Å². The lowest BCUT2D eigenvalue weighted by atomic mass is 9.70. The van der Waals surface area contributed by atoms with E-state index in [0.29, 0.717) is 11.5 Å². The summed E-state index contributed by atoms with van der Waals surface area (Å²) >= 11 is 0. The van der Waals surface area contributed by atoms with Gasteiger partial charge in [-0.1, -0.05) is 34.1 Å². The van der Waals surface area contributed by atoms with Crippen LogP contribution >= 0.6 is 0 Å². The third-order valence-electron chi connectivity index (χ3n) is 4.54. The Labute approximate surface area is 135 Å². The van der Waals surface area contributed by atoms with Crippen LogP contribution in [0.25, 0.3) is 0 Å². The second-order valence-electron chi connectivity index (χ2n) is 7.71. The average Bonchev–Trinajstić information content (AvgIpc) is 2.40. The summed E-state index contributed by atoms with van der Waals surface area (Å²) < 4.78 is 5.80. The maximum absolute atomic E-state index is 6.15. The van der Waals surface area contributed by atoms with Crippen molar-refractivity contribution in [2.75, 3.05) is 17.7 Å². The van der Waals surface area contributed by atoms with Gasteiger partial charge in [0, 0.05) is 12.1 Å². The number of nitrogens with one attached hydrogen (secondary N) is 1. The molecule has 0 aliphatic heterocycles. The number of ether oxygens (including phenoxy) is 1. The van der Waals surface area contributed by atoms with E-state index in [2.05, 4.69) is 39.1 Å². The van der Waals surface area contributed by atoms with Crippen LogP contribution in [0.1, 0.15) is 59.8 Å². The Morgan fingerprint density at radius 3 is 2.77 bits per heavy atom. The maximum atomic E-state index is 6.15. The van der Waals surface area contributed by atoms with Gasteiger partial charge in [0.25, 0.3) is 0 Å². The molecule has 0 heterocycles. The predicted molar refractivity (Wildman–Crippen MR) is 95.5 cm³/mol. The van der Waals surface area contributed by atoms with E-state index < -0.39 is 0 Å². The van der Waals surface area contributed by atoms with Crippen LogP contribution in [-0.4, -0.2) is 12.6 Å². The highest BCUT2D eigenvalue weighted by molar-refractivity contribution is 5.68. The summed E-state index contributed by atoms with van der Waals surface area (Å²) in [6.45, 7) is 10.0. The first-order chi connectivity index (χ1) is 10.4. The Bertz CT molecular complexity index is 484. The van der Waals surface area contributed by atoms with Gasteiger partial charge in [-0.15, -0.1) is 0 Å². The summed E-state index contributed by atoms with van der Waals surface area (Å²) in [5.74, 6) is 1.67. The van der Waals surface area contributed by atoms with Gasteiger partial charge in [-0.2, -0.15) is 0 Å². The Kier molecular flexibility index (Phi) is 5.60. The van der Waals surface area contributed by atoms with Crippen molar-refractivity contribution < 1.29 is 4.74 Å². The fraction of sp³-hybridized carbons (Fsp3) is 0.684. The number of anilines is 2. The first-order valence-corrected chi connectivity index (χ1v) is 8.68. The fourth-order valence-corrected chi connectivity index (χ4v) is 3.76. The molecule has 0 spiro atoms. The van der Waals surface area contributed by atoms with E-state index in [-0.39, 0.29) is 0 Å². The average molecular weight is 304 g/mol. The predicted octanol–water partition coefficient (Wildman–Crippen LogP) is 5.07. The molecule has 1 fully saturated rings. The molecule has 2 atom stereocenters. The molecule has 1 saturated carbocycles. The molecular formula is C19H32N2O. The number of nitrogens with two attached hydrogens (primary N) is 1. The van der Waals surface area contributed by atoms with Gasteiger partial charge < -0.3 is 15.8 Å². The van der Waals surface area contributed by atoms with Crippen molar-refractivity contribution in [3.63, 3.8) is 0 Å². The first-order valence-electron chi connectivity index (χ1n) is 8.68. The zero-order valence-electron chi connectivity index (χ0n) is 14.6. The Balaban J connectivity index is 2.03. The molecule has 3 N–H and O–H groups in total. The number of benzene rings is 1.